The third-order valence-corrected chi connectivity index (χ3v) is 4.45. The van der Waals surface area contributed by atoms with Crippen molar-refractivity contribution in [1.82, 2.24) is 0 Å². The highest BCUT2D eigenvalue weighted by Crippen LogP contribution is 2.49. The van der Waals surface area contributed by atoms with E-state index in [0.29, 0.717) is 12.4 Å². The van der Waals surface area contributed by atoms with Crippen molar-refractivity contribution in [2.24, 2.45) is 17.8 Å². The van der Waals surface area contributed by atoms with Crippen molar-refractivity contribution in [2.75, 3.05) is 18.5 Å². The first-order valence-corrected chi connectivity index (χ1v) is 7.84. The predicted molar refractivity (Wildman–Crippen MR) is 81.7 cm³/mol. The van der Waals surface area contributed by atoms with Gasteiger partial charge in [-0.2, -0.15) is 0 Å². The van der Waals surface area contributed by atoms with Crippen LogP contribution in [0.1, 0.15) is 32.6 Å². The van der Waals surface area contributed by atoms with Gasteiger partial charge in [0.2, 0.25) is 0 Å². The summed E-state index contributed by atoms with van der Waals surface area (Å²) in [6.45, 7) is 3.23. The zero-order chi connectivity index (χ0) is 14.8. The fourth-order valence-electron chi connectivity index (χ4n) is 3.05. The minimum atomic E-state index is -0.397. The van der Waals surface area contributed by atoms with Gasteiger partial charge in [-0.3, -0.25) is 10.1 Å². The van der Waals surface area contributed by atoms with Crippen LogP contribution in [0.15, 0.2) is 18.2 Å². The van der Waals surface area contributed by atoms with Crippen molar-refractivity contribution in [2.45, 2.75) is 32.6 Å². The molecule has 0 unspecified atom stereocenters. The van der Waals surface area contributed by atoms with Crippen molar-refractivity contribution in [1.29, 1.82) is 0 Å². The summed E-state index contributed by atoms with van der Waals surface area (Å²) in [6.07, 6.45) is 5.47. The molecule has 2 aliphatic rings. The number of rotatable bonds is 8. The Labute approximate surface area is 124 Å². The van der Waals surface area contributed by atoms with Crippen LogP contribution in [-0.2, 0) is 0 Å². The van der Waals surface area contributed by atoms with Gasteiger partial charge in [-0.25, -0.2) is 0 Å². The smallest absolute Gasteiger partial charge is 0.311 e. The van der Waals surface area contributed by atoms with E-state index in [1.807, 2.05) is 6.92 Å². The number of hydrogen-bond acceptors (Lipinski definition) is 4. The summed E-state index contributed by atoms with van der Waals surface area (Å²) < 4.78 is 5.38. The van der Waals surface area contributed by atoms with Crippen LogP contribution in [0.2, 0.25) is 0 Å². The first kappa shape index (κ1) is 14.2. The summed E-state index contributed by atoms with van der Waals surface area (Å²) in [4.78, 5) is 10.6. The number of hydrogen-bond donors (Lipinski definition) is 1. The molecule has 5 nitrogen and oxygen atoms in total. The zero-order valence-electron chi connectivity index (χ0n) is 12.4. The highest BCUT2D eigenvalue weighted by molar-refractivity contribution is 5.58. The molecule has 5 heteroatoms. The topological polar surface area (TPSA) is 64.4 Å². The summed E-state index contributed by atoms with van der Waals surface area (Å²) in [7, 11) is 0. The van der Waals surface area contributed by atoms with Crippen LogP contribution in [0, 0.1) is 27.9 Å². The Morgan fingerprint density at radius 1 is 1.33 bits per heavy atom. The second kappa shape index (κ2) is 5.92. The van der Waals surface area contributed by atoms with E-state index in [9.17, 15) is 10.1 Å². The summed E-state index contributed by atoms with van der Waals surface area (Å²) in [5.74, 6) is 2.92. The lowest BCUT2D eigenvalue weighted by Gasteiger charge is -2.17. The van der Waals surface area contributed by atoms with E-state index in [2.05, 4.69) is 5.32 Å². The molecule has 3 rings (SSSR count). The van der Waals surface area contributed by atoms with Gasteiger partial charge in [-0.15, -0.1) is 0 Å². The largest absolute Gasteiger partial charge is 0.487 e. The molecule has 0 saturated heterocycles. The molecule has 0 bridgehead atoms. The van der Waals surface area contributed by atoms with E-state index in [4.69, 9.17) is 4.74 Å². The molecule has 0 spiro atoms. The van der Waals surface area contributed by atoms with Crippen LogP contribution < -0.4 is 10.1 Å². The van der Waals surface area contributed by atoms with Crippen molar-refractivity contribution in [3.63, 3.8) is 0 Å². The lowest BCUT2D eigenvalue weighted by atomic mass is 9.98. The van der Waals surface area contributed by atoms with Crippen LogP contribution in [0.4, 0.5) is 11.4 Å². The fourth-order valence-corrected chi connectivity index (χ4v) is 3.05. The van der Waals surface area contributed by atoms with E-state index in [0.717, 1.165) is 30.0 Å². The molecule has 0 aromatic heterocycles. The van der Waals surface area contributed by atoms with E-state index in [1.165, 1.54) is 31.7 Å². The monoisotopic (exact) mass is 290 g/mol. The van der Waals surface area contributed by atoms with E-state index >= 15 is 0 Å². The third kappa shape index (κ3) is 3.46. The van der Waals surface area contributed by atoms with E-state index in [1.54, 1.807) is 12.1 Å². The number of ether oxygens (including phenoxy) is 1. The molecule has 2 fully saturated rings. The van der Waals surface area contributed by atoms with Crippen molar-refractivity contribution in [3.05, 3.63) is 28.3 Å². The minimum absolute atomic E-state index is 0.0309. The number of nitrogens with zero attached hydrogens (tertiary/aromatic N) is 1. The molecule has 2 aliphatic carbocycles. The normalized spacial score (nSPS) is 17.8. The number of anilines is 1. The van der Waals surface area contributed by atoms with E-state index < -0.39 is 4.92 Å². The summed E-state index contributed by atoms with van der Waals surface area (Å²) in [6, 6.07) is 5.05. The summed E-state index contributed by atoms with van der Waals surface area (Å²) >= 11 is 0. The average molecular weight is 290 g/mol. The molecule has 114 valence electrons. The molecular formula is C16H22N2O3. The van der Waals surface area contributed by atoms with Gasteiger partial charge in [-0.05, 0) is 56.4 Å². The Morgan fingerprint density at radius 2 is 2.00 bits per heavy atom. The Morgan fingerprint density at radius 3 is 2.52 bits per heavy atom. The lowest BCUT2D eigenvalue weighted by molar-refractivity contribution is -0.385. The summed E-state index contributed by atoms with van der Waals surface area (Å²) in [5.41, 5.74) is 0.943. The van der Waals surface area contributed by atoms with Crippen molar-refractivity contribution < 1.29 is 9.66 Å². The maximum absolute atomic E-state index is 11.0. The quantitative estimate of drug-likeness (QED) is 0.583. The Kier molecular flexibility index (Phi) is 3.99. The molecule has 0 heterocycles. The minimum Gasteiger partial charge on any atom is -0.487 e. The molecule has 2 saturated carbocycles. The van der Waals surface area contributed by atoms with Crippen LogP contribution in [0.5, 0.6) is 5.75 Å². The lowest BCUT2D eigenvalue weighted by Crippen LogP contribution is -2.18. The molecule has 1 N–H and O–H groups in total. The maximum Gasteiger partial charge on any atom is 0.311 e. The second-order valence-corrected chi connectivity index (χ2v) is 6.09. The highest BCUT2D eigenvalue weighted by Gasteiger charge is 2.41. The van der Waals surface area contributed by atoms with Gasteiger partial charge >= 0.3 is 5.69 Å². The van der Waals surface area contributed by atoms with E-state index in [-0.39, 0.29) is 5.69 Å². The second-order valence-electron chi connectivity index (χ2n) is 6.09. The van der Waals surface area contributed by atoms with Crippen LogP contribution in [0.25, 0.3) is 0 Å². The predicted octanol–water partition coefficient (Wildman–Crippen LogP) is 3.84. The van der Waals surface area contributed by atoms with Crippen molar-refractivity contribution in [3.8, 4) is 5.75 Å². The van der Waals surface area contributed by atoms with Crippen LogP contribution in [0.3, 0.4) is 0 Å². The highest BCUT2D eigenvalue weighted by atomic mass is 16.6. The number of benzene rings is 1. The van der Waals surface area contributed by atoms with Gasteiger partial charge in [0.1, 0.15) is 0 Å². The fraction of sp³-hybridized carbons (Fsp3) is 0.625. The van der Waals surface area contributed by atoms with Gasteiger partial charge in [0.05, 0.1) is 11.5 Å². The molecule has 21 heavy (non-hydrogen) atoms. The zero-order valence-corrected chi connectivity index (χ0v) is 12.4. The van der Waals surface area contributed by atoms with Gasteiger partial charge in [-0.1, -0.05) is 0 Å². The van der Waals surface area contributed by atoms with Gasteiger partial charge < -0.3 is 10.1 Å². The van der Waals surface area contributed by atoms with Crippen LogP contribution >= 0.6 is 0 Å². The first-order valence-electron chi connectivity index (χ1n) is 7.84. The number of nitro groups is 1. The Balaban J connectivity index is 1.66. The standard InChI is InChI=1S/C16H22N2O3/c1-2-21-16-9-13(7-8-15(16)18(19)20)17-10-14(11-3-4-11)12-5-6-12/h7-9,11-12,14,17H,2-6,10H2,1H3. The van der Waals surface area contributed by atoms with Gasteiger partial charge in [0.25, 0.3) is 0 Å². The Hall–Kier alpha value is -1.78. The van der Waals surface area contributed by atoms with Gasteiger partial charge in [0, 0.05) is 24.4 Å². The average Bonchev–Trinajstić information content (AvgIpc) is 3.33. The third-order valence-electron chi connectivity index (χ3n) is 4.45. The summed E-state index contributed by atoms with van der Waals surface area (Å²) in [5, 5.41) is 14.4. The SMILES string of the molecule is CCOc1cc(NCC(C2CC2)C2CC2)ccc1[N+](=O)[O-]. The first-order chi connectivity index (χ1) is 10.2. The molecule has 1 aromatic carbocycles. The molecular weight excluding hydrogens is 268 g/mol. The molecule has 0 amide bonds. The van der Waals surface area contributed by atoms with Crippen molar-refractivity contribution >= 4 is 11.4 Å². The molecule has 0 radical (unpaired) electrons. The maximum atomic E-state index is 11.0. The van der Waals surface area contributed by atoms with Gasteiger partial charge in [0.15, 0.2) is 5.75 Å². The number of nitrogens with one attached hydrogen (secondary N) is 1. The molecule has 0 aliphatic heterocycles. The molecule has 0 atom stereocenters. The molecule has 1 aromatic rings. The van der Waals surface area contributed by atoms with Crippen LogP contribution in [-0.4, -0.2) is 18.1 Å². The number of nitro benzene ring substituents is 1. The Bertz CT molecular complexity index is 512.